The summed E-state index contributed by atoms with van der Waals surface area (Å²) in [5.41, 5.74) is 3.13. The average molecular weight is 535 g/mol. The molecule has 10 nitrogen and oxygen atoms in total. The molecule has 39 heavy (non-hydrogen) atoms. The average Bonchev–Trinajstić information content (AvgIpc) is 2.90. The van der Waals surface area contributed by atoms with Crippen LogP contribution in [-0.4, -0.2) is 61.3 Å². The van der Waals surface area contributed by atoms with E-state index in [2.05, 4.69) is 5.32 Å². The fraction of sp³-hybridized carbons (Fsp3) is 0.345. The summed E-state index contributed by atoms with van der Waals surface area (Å²) in [6, 6.07) is 13.3. The number of benzene rings is 2. The predicted octanol–water partition coefficient (Wildman–Crippen LogP) is 1.29. The number of phenolic OH excluding ortho intramolecular Hbond substituents is 1. The molecule has 0 saturated heterocycles. The van der Waals surface area contributed by atoms with Crippen LogP contribution < -0.4 is 11.1 Å². The van der Waals surface area contributed by atoms with E-state index in [-0.39, 0.29) is 17.9 Å². The van der Waals surface area contributed by atoms with Crippen LogP contribution >= 0.6 is 0 Å². The number of hydrogen-bond acceptors (Lipinski definition) is 9. The number of rotatable bonds is 6. The summed E-state index contributed by atoms with van der Waals surface area (Å²) in [6.07, 6.45) is -1.39. The summed E-state index contributed by atoms with van der Waals surface area (Å²) in [6.45, 7) is 2.59. The molecule has 2 aromatic carbocycles. The van der Waals surface area contributed by atoms with E-state index < -0.39 is 76.0 Å². The van der Waals surface area contributed by atoms with E-state index in [0.717, 1.165) is 12.0 Å². The van der Waals surface area contributed by atoms with Crippen LogP contribution in [0.5, 0.6) is 5.75 Å². The van der Waals surface area contributed by atoms with Crippen LogP contribution in [0.25, 0.3) is 5.76 Å². The van der Waals surface area contributed by atoms with E-state index in [4.69, 9.17) is 5.73 Å². The van der Waals surface area contributed by atoms with Crippen LogP contribution in [0.4, 0.5) is 0 Å². The summed E-state index contributed by atoms with van der Waals surface area (Å²) in [4.78, 5) is 38.1. The van der Waals surface area contributed by atoms with Gasteiger partial charge in [0.15, 0.2) is 11.4 Å². The van der Waals surface area contributed by atoms with Crippen LogP contribution in [0.2, 0.25) is 0 Å². The Hall–Kier alpha value is -3.99. The zero-order valence-corrected chi connectivity index (χ0v) is 21.2. The van der Waals surface area contributed by atoms with E-state index in [0.29, 0.717) is 17.7 Å². The second-order valence-corrected chi connectivity index (χ2v) is 10.4. The Kier molecular flexibility index (Phi) is 6.58. The lowest BCUT2D eigenvalue weighted by atomic mass is 9.55. The number of nitrogens with two attached hydrogens (primary N) is 1. The van der Waals surface area contributed by atoms with Crippen molar-refractivity contribution < 1.29 is 39.9 Å². The van der Waals surface area contributed by atoms with Crippen LogP contribution in [0.3, 0.4) is 0 Å². The van der Waals surface area contributed by atoms with Gasteiger partial charge in [-0.15, -0.1) is 0 Å². The normalized spacial score (nSPS) is 28.2. The summed E-state index contributed by atoms with van der Waals surface area (Å²) >= 11 is 0. The largest absolute Gasteiger partial charge is 0.508 e. The highest BCUT2D eigenvalue weighted by Gasteiger charge is 2.64. The maximum atomic E-state index is 13.7. The summed E-state index contributed by atoms with van der Waals surface area (Å²) < 4.78 is 0. The zero-order valence-electron chi connectivity index (χ0n) is 21.2. The van der Waals surface area contributed by atoms with Gasteiger partial charge in [-0.3, -0.25) is 14.4 Å². The molecule has 5 unspecified atom stereocenters. The van der Waals surface area contributed by atoms with E-state index in [9.17, 15) is 39.9 Å². The number of primary amides is 1. The molecule has 0 aromatic heterocycles. The maximum absolute atomic E-state index is 13.7. The van der Waals surface area contributed by atoms with Crippen LogP contribution in [0, 0.1) is 11.8 Å². The van der Waals surface area contributed by atoms with Crippen molar-refractivity contribution >= 4 is 23.2 Å². The molecule has 2 aromatic rings. The van der Waals surface area contributed by atoms with Crippen molar-refractivity contribution in [3.63, 3.8) is 0 Å². The maximum Gasteiger partial charge on any atom is 0.255 e. The number of amides is 1. The van der Waals surface area contributed by atoms with Crippen molar-refractivity contribution in [2.75, 3.05) is 6.54 Å². The van der Waals surface area contributed by atoms with E-state index in [1.807, 2.05) is 30.3 Å². The van der Waals surface area contributed by atoms with Crippen molar-refractivity contribution in [3.8, 4) is 5.75 Å². The first kappa shape index (κ1) is 26.6. The molecule has 0 heterocycles. The highest BCUT2D eigenvalue weighted by molar-refractivity contribution is 6.23. The standard InChI is InChI=1S/C29H30N2O8/c1-13-16-8-7-15(12-31-10-9-14-5-3-2-4-6-14)23(33)20(16)25(35)22-19(13)24(34)17-11-18(32)21(28(30)38)26(36)29(17,39)27(22)37/h2-8,13,17,19,24,31,33-36,39H,9-12H2,1H3,(H2,30,38). The molecule has 1 saturated carbocycles. The Morgan fingerprint density at radius 2 is 1.79 bits per heavy atom. The van der Waals surface area contributed by atoms with Gasteiger partial charge in [0.05, 0.1) is 11.7 Å². The third-order valence-corrected chi connectivity index (χ3v) is 8.33. The number of aromatic hydroxyl groups is 1. The van der Waals surface area contributed by atoms with Gasteiger partial charge in [0, 0.05) is 35.9 Å². The number of nitrogens with one attached hydrogen (secondary N) is 1. The molecule has 0 aliphatic heterocycles. The number of fused-ring (bicyclic) bond motifs is 3. The molecular formula is C29H30N2O8. The highest BCUT2D eigenvalue weighted by Crippen LogP contribution is 2.55. The van der Waals surface area contributed by atoms with E-state index in [1.165, 1.54) is 0 Å². The molecule has 8 N–H and O–H groups in total. The smallest absolute Gasteiger partial charge is 0.255 e. The Morgan fingerprint density at radius 3 is 2.46 bits per heavy atom. The number of aliphatic hydroxyl groups is 4. The number of carbonyl (C=O) groups excluding carboxylic acids is 3. The number of Topliss-reactive ketones (excluding diaryl/α,β-unsaturated/α-hetero) is 2. The number of hydrogen-bond donors (Lipinski definition) is 7. The minimum Gasteiger partial charge on any atom is -0.508 e. The van der Waals surface area contributed by atoms with Gasteiger partial charge in [-0.2, -0.15) is 0 Å². The van der Waals surface area contributed by atoms with Crippen LogP contribution in [-0.2, 0) is 27.3 Å². The van der Waals surface area contributed by atoms with Gasteiger partial charge >= 0.3 is 0 Å². The van der Waals surface area contributed by atoms with E-state index >= 15 is 0 Å². The summed E-state index contributed by atoms with van der Waals surface area (Å²) in [5.74, 6) is -8.64. The van der Waals surface area contributed by atoms with Crippen molar-refractivity contribution in [2.24, 2.45) is 17.6 Å². The molecule has 0 radical (unpaired) electrons. The van der Waals surface area contributed by atoms with Gasteiger partial charge in [-0.25, -0.2) is 0 Å². The Balaban J connectivity index is 1.52. The minimum absolute atomic E-state index is 0.0100. The molecule has 5 atom stereocenters. The third kappa shape index (κ3) is 3.94. The minimum atomic E-state index is -2.85. The number of aliphatic hydroxyl groups excluding tert-OH is 3. The predicted molar refractivity (Wildman–Crippen MR) is 139 cm³/mol. The van der Waals surface area contributed by atoms with Gasteiger partial charge in [-0.1, -0.05) is 49.4 Å². The first-order valence-electron chi connectivity index (χ1n) is 12.7. The van der Waals surface area contributed by atoms with Crippen LogP contribution in [0.1, 0.15) is 41.5 Å². The molecular weight excluding hydrogens is 504 g/mol. The lowest BCUT2D eigenvalue weighted by Gasteiger charge is -2.50. The molecule has 10 heteroatoms. The number of ketones is 2. The fourth-order valence-electron chi connectivity index (χ4n) is 6.28. The number of carbonyl (C=O) groups is 3. The van der Waals surface area contributed by atoms with Crippen molar-refractivity contribution in [1.29, 1.82) is 0 Å². The highest BCUT2D eigenvalue weighted by atomic mass is 16.4. The van der Waals surface area contributed by atoms with Crippen molar-refractivity contribution in [1.82, 2.24) is 5.32 Å². The lowest BCUT2D eigenvalue weighted by Crippen LogP contribution is -2.63. The molecule has 3 aliphatic rings. The first-order chi connectivity index (χ1) is 18.5. The molecule has 1 amide bonds. The van der Waals surface area contributed by atoms with Gasteiger partial charge in [0.2, 0.25) is 5.78 Å². The van der Waals surface area contributed by atoms with Gasteiger partial charge in [-0.05, 0) is 30.0 Å². The lowest BCUT2D eigenvalue weighted by molar-refractivity contribution is -0.160. The Morgan fingerprint density at radius 1 is 1.10 bits per heavy atom. The molecule has 204 valence electrons. The molecule has 3 aliphatic carbocycles. The van der Waals surface area contributed by atoms with Crippen molar-refractivity contribution in [2.45, 2.75) is 43.9 Å². The molecule has 0 spiro atoms. The monoisotopic (exact) mass is 534 g/mol. The quantitative estimate of drug-likeness (QED) is 0.211. The Labute approximate surface area is 224 Å². The third-order valence-electron chi connectivity index (χ3n) is 8.33. The van der Waals surface area contributed by atoms with Gasteiger partial charge < -0.3 is 36.6 Å². The van der Waals surface area contributed by atoms with Crippen molar-refractivity contribution in [3.05, 3.63) is 81.6 Å². The topological polar surface area (TPSA) is 190 Å². The Bertz CT molecular complexity index is 1450. The molecule has 1 fully saturated rings. The van der Waals surface area contributed by atoms with Gasteiger partial charge in [0.1, 0.15) is 22.8 Å². The molecule has 5 rings (SSSR count). The van der Waals surface area contributed by atoms with Crippen LogP contribution in [0.15, 0.2) is 59.4 Å². The van der Waals surface area contributed by atoms with E-state index in [1.54, 1.807) is 19.1 Å². The summed E-state index contributed by atoms with van der Waals surface area (Å²) in [5, 5.41) is 59.1. The zero-order chi connectivity index (χ0) is 28.2. The fourth-order valence-corrected chi connectivity index (χ4v) is 6.28. The first-order valence-corrected chi connectivity index (χ1v) is 12.7. The second-order valence-electron chi connectivity index (χ2n) is 10.4. The van der Waals surface area contributed by atoms with Gasteiger partial charge in [0.25, 0.3) is 5.91 Å². The molecule has 0 bridgehead atoms. The number of phenols is 1. The summed E-state index contributed by atoms with van der Waals surface area (Å²) in [7, 11) is 0. The second kappa shape index (κ2) is 9.64. The SMILES string of the molecule is CC1c2ccc(CNCCc3ccccc3)c(O)c2C(O)=C2C(=O)C3(O)C(O)=C(C(N)=O)C(=O)CC3C(O)C21.